The second-order valence-electron chi connectivity index (χ2n) is 2.27. The van der Waals surface area contributed by atoms with Gasteiger partial charge in [0.15, 0.2) is 0 Å². The van der Waals surface area contributed by atoms with Gasteiger partial charge in [0, 0.05) is 15.8 Å². The number of carbonyl (C=O) groups excluding carboxylic acids is 1. The third kappa shape index (κ3) is 2.01. The lowest BCUT2D eigenvalue weighted by Gasteiger charge is -2.02. The van der Waals surface area contributed by atoms with Crippen molar-refractivity contribution < 1.29 is 13.6 Å². The second-order valence-corrected chi connectivity index (χ2v) is 3.86. The minimum atomic E-state index is -3.78. The number of halogens is 3. The zero-order chi connectivity index (χ0) is 9.35. The number of rotatable bonds is 2. The van der Waals surface area contributed by atoms with Gasteiger partial charge < -0.3 is 0 Å². The van der Waals surface area contributed by atoms with Crippen molar-refractivity contribution in [3.63, 3.8) is 0 Å². The summed E-state index contributed by atoms with van der Waals surface area (Å²) in [4.78, 5) is 11.6. The number of ketones is 1. The van der Waals surface area contributed by atoms with E-state index in [1.165, 1.54) is 22.8 Å². The van der Waals surface area contributed by atoms with E-state index in [0.29, 0.717) is 0 Å². The topological polar surface area (TPSA) is 17.1 Å². The first-order valence-electron chi connectivity index (χ1n) is 3.08. The molecule has 0 saturated carbocycles. The van der Waals surface area contributed by atoms with Gasteiger partial charge in [-0.25, -0.2) is 0 Å². The zero-order valence-electron chi connectivity index (χ0n) is 6.11. The maximum atomic E-state index is 12.2. The molecule has 0 amide bonds. The molecule has 0 atom stereocenters. The van der Waals surface area contributed by atoms with Crippen LogP contribution in [0.3, 0.4) is 0 Å². The highest BCUT2D eigenvalue weighted by molar-refractivity contribution is 7.10. The van der Waals surface area contributed by atoms with Crippen LogP contribution in [0.5, 0.6) is 0 Å². The highest BCUT2D eigenvalue weighted by Crippen LogP contribution is 2.26. The van der Waals surface area contributed by atoms with Crippen LogP contribution in [-0.2, 0) is 0 Å². The number of aryl methyl sites for hydroxylation is 1. The Balaban J connectivity index is 2.93. The van der Waals surface area contributed by atoms with Crippen molar-refractivity contribution in [1.82, 2.24) is 0 Å². The Labute approximate surface area is 77.0 Å². The van der Waals surface area contributed by atoms with Crippen molar-refractivity contribution in [3.05, 3.63) is 21.9 Å². The number of Topliss-reactive ketones (excluding diaryl/α,β-unsaturated/α-hetero) is 1. The van der Waals surface area contributed by atoms with Gasteiger partial charge in [-0.1, -0.05) is 0 Å². The Kier molecular flexibility index (Phi) is 2.49. The molecule has 1 aromatic heterocycles. The molecular formula is C7H5ClF2OS. The van der Waals surface area contributed by atoms with Crippen LogP contribution in [-0.4, -0.2) is 11.2 Å². The first-order valence-corrected chi connectivity index (χ1v) is 4.33. The summed E-state index contributed by atoms with van der Waals surface area (Å²) in [5, 5.41) is -2.42. The first-order chi connectivity index (χ1) is 5.41. The van der Waals surface area contributed by atoms with Gasteiger partial charge in [0.25, 0.3) is 0 Å². The molecule has 0 spiro atoms. The highest BCUT2D eigenvalue weighted by Gasteiger charge is 2.36. The van der Waals surface area contributed by atoms with E-state index in [2.05, 4.69) is 11.6 Å². The van der Waals surface area contributed by atoms with Crippen LogP contribution in [0.1, 0.15) is 15.2 Å². The Morgan fingerprint density at radius 1 is 1.67 bits per heavy atom. The smallest absolute Gasteiger partial charge is 0.286 e. The van der Waals surface area contributed by atoms with Gasteiger partial charge >= 0.3 is 5.38 Å². The predicted octanol–water partition coefficient (Wildman–Crippen LogP) is 3.07. The molecule has 0 aromatic carbocycles. The molecule has 5 heteroatoms. The van der Waals surface area contributed by atoms with E-state index < -0.39 is 11.2 Å². The summed E-state index contributed by atoms with van der Waals surface area (Å²) in [5.74, 6) is -1.34. The molecule has 1 nitrogen and oxygen atoms in total. The normalized spacial score (nSPS) is 11.7. The maximum absolute atomic E-state index is 12.2. The molecule has 66 valence electrons. The van der Waals surface area contributed by atoms with Crippen molar-refractivity contribution in [1.29, 1.82) is 0 Å². The lowest BCUT2D eigenvalue weighted by molar-refractivity contribution is 0.0536. The molecule has 0 aliphatic carbocycles. The van der Waals surface area contributed by atoms with Crippen molar-refractivity contribution in [3.8, 4) is 0 Å². The van der Waals surface area contributed by atoms with Crippen LogP contribution >= 0.6 is 22.9 Å². The Bertz CT molecular complexity index is 303. The standard InChI is InChI=1S/C7H5ClF2OS/c1-4-2-5(3-12-4)6(11)7(8,9)10/h2-3H,1H3. The molecule has 0 saturated heterocycles. The van der Waals surface area contributed by atoms with E-state index >= 15 is 0 Å². The summed E-state index contributed by atoms with van der Waals surface area (Å²) in [6.07, 6.45) is 0. The van der Waals surface area contributed by atoms with E-state index in [0.717, 1.165) is 4.88 Å². The lowest BCUT2D eigenvalue weighted by Crippen LogP contribution is -2.20. The van der Waals surface area contributed by atoms with E-state index in [9.17, 15) is 13.6 Å². The zero-order valence-corrected chi connectivity index (χ0v) is 7.68. The fourth-order valence-electron chi connectivity index (χ4n) is 0.726. The molecule has 0 radical (unpaired) electrons. The molecule has 0 fully saturated rings. The minimum absolute atomic E-state index is 0.0301. The average molecular weight is 211 g/mol. The number of hydrogen-bond donors (Lipinski definition) is 0. The first kappa shape index (κ1) is 9.61. The highest BCUT2D eigenvalue weighted by atomic mass is 35.5. The summed E-state index contributed by atoms with van der Waals surface area (Å²) < 4.78 is 24.5. The van der Waals surface area contributed by atoms with Crippen LogP contribution in [0.25, 0.3) is 0 Å². The monoisotopic (exact) mass is 210 g/mol. The number of alkyl halides is 3. The third-order valence-corrected chi connectivity index (χ3v) is 2.28. The quantitative estimate of drug-likeness (QED) is 0.542. The third-order valence-electron chi connectivity index (χ3n) is 1.25. The fourth-order valence-corrected chi connectivity index (χ4v) is 1.52. The molecule has 0 N–H and O–H groups in total. The van der Waals surface area contributed by atoms with Crippen LogP contribution in [0, 0.1) is 6.92 Å². The summed E-state index contributed by atoms with van der Waals surface area (Å²) in [6.45, 7) is 1.73. The van der Waals surface area contributed by atoms with Crippen LogP contribution in [0.4, 0.5) is 8.78 Å². The number of hydrogen-bond acceptors (Lipinski definition) is 2. The minimum Gasteiger partial charge on any atom is -0.286 e. The predicted molar refractivity (Wildman–Crippen MR) is 44.2 cm³/mol. The largest absolute Gasteiger partial charge is 0.384 e. The molecule has 1 aromatic rings. The van der Waals surface area contributed by atoms with Crippen molar-refractivity contribution in [2.75, 3.05) is 0 Å². The summed E-state index contributed by atoms with van der Waals surface area (Å²) >= 11 is 5.79. The Morgan fingerprint density at radius 3 is 2.58 bits per heavy atom. The van der Waals surface area contributed by atoms with Crippen molar-refractivity contribution >= 4 is 28.7 Å². The summed E-state index contributed by atoms with van der Waals surface area (Å²) in [7, 11) is 0. The van der Waals surface area contributed by atoms with Gasteiger partial charge in [0.1, 0.15) is 0 Å². The molecule has 12 heavy (non-hydrogen) atoms. The average Bonchev–Trinajstić information content (AvgIpc) is 2.32. The van der Waals surface area contributed by atoms with Gasteiger partial charge in [-0.05, 0) is 24.6 Å². The van der Waals surface area contributed by atoms with E-state index in [4.69, 9.17) is 0 Å². The molecule has 0 bridgehead atoms. The Hall–Kier alpha value is -0.480. The van der Waals surface area contributed by atoms with Crippen molar-refractivity contribution in [2.45, 2.75) is 12.3 Å². The molecule has 0 aliphatic rings. The Morgan fingerprint density at radius 2 is 2.25 bits per heavy atom. The van der Waals surface area contributed by atoms with Crippen LogP contribution in [0.15, 0.2) is 11.4 Å². The SMILES string of the molecule is Cc1cc(C(=O)C(F)(F)Cl)cs1. The van der Waals surface area contributed by atoms with Crippen molar-refractivity contribution in [2.24, 2.45) is 0 Å². The molecule has 0 unspecified atom stereocenters. The van der Waals surface area contributed by atoms with Gasteiger partial charge in [-0.15, -0.1) is 11.3 Å². The number of carbonyl (C=O) groups is 1. The van der Waals surface area contributed by atoms with E-state index in [-0.39, 0.29) is 5.56 Å². The van der Waals surface area contributed by atoms with Gasteiger partial charge in [0.05, 0.1) is 0 Å². The summed E-state index contributed by atoms with van der Waals surface area (Å²) in [5.41, 5.74) is -0.0301. The van der Waals surface area contributed by atoms with Gasteiger partial charge in [0.2, 0.25) is 5.78 Å². The van der Waals surface area contributed by atoms with Crippen LogP contribution < -0.4 is 0 Å². The maximum Gasteiger partial charge on any atom is 0.384 e. The molecule has 1 heterocycles. The molecule has 0 aliphatic heterocycles. The van der Waals surface area contributed by atoms with E-state index in [1.807, 2.05) is 0 Å². The fraction of sp³-hybridized carbons (Fsp3) is 0.286. The molecule has 1 rings (SSSR count). The second kappa shape index (κ2) is 3.11. The van der Waals surface area contributed by atoms with Crippen LogP contribution in [0.2, 0.25) is 0 Å². The van der Waals surface area contributed by atoms with Gasteiger partial charge in [-0.3, -0.25) is 4.79 Å². The van der Waals surface area contributed by atoms with Gasteiger partial charge in [-0.2, -0.15) is 8.78 Å². The molecular weight excluding hydrogens is 206 g/mol. The summed E-state index contributed by atoms with van der Waals surface area (Å²) in [6, 6.07) is 1.39. The lowest BCUT2D eigenvalue weighted by atomic mass is 10.2. The van der Waals surface area contributed by atoms with E-state index in [1.54, 1.807) is 6.92 Å². The number of thiophene rings is 1.